The molecule has 0 radical (unpaired) electrons. The fourth-order valence-corrected chi connectivity index (χ4v) is 12.4. The molecule has 5 aromatic rings. The van der Waals surface area contributed by atoms with Gasteiger partial charge in [-0.05, 0) is 97.5 Å². The number of halogens is 3. The molecule has 3 amide bonds. The zero-order chi connectivity index (χ0) is 47.8. The molecule has 1 unspecified atom stereocenters. The van der Waals surface area contributed by atoms with Gasteiger partial charge >= 0.3 is 10.2 Å². The number of nitrogens with one attached hydrogen (secondary N) is 3. The topological polar surface area (TPSA) is 171 Å². The molecule has 1 saturated carbocycles. The van der Waals surface area contributed by atoms with Gasteiger partial charge in [0.05, 0.1) is 11.3 Å². The summed E-state index contributed by atoms with van der Waals surface area (Å²) in [5, 5.41) is 2.72. The molecule has 360 valence electrons. The number of aromatic amines is 1. The number of piperazine rings is 1. The molecule has 19 heteroatoms. The number of ketones is 1. The summed E-state index contributed by atoms with van der Waals surface area (Å²) in [7, 11) is -4.36. The summed E-state index contributed by atoms with van der Waals surface area (Å²) >= 11 is 0. The Kier molecular flexibility index (Phi) is 11.6. The number of rotatable bonds is 12. The van der Waals surface area contributed by atoms with Crippen molar-refractivity contribution in [3.05, 3.63) is 113 Å². The number of fused-ring (bicyclic) bond motifs is 2. The van der Waals surface area contributed by atoms with Crippen molar-refractivity contribution in [1.29, 1.82) is 0 Å². The van der Waals surface area contributed by atoms with Gasteiger partial charge in [0.15, 0.2) is 5.82 Å². The number of H-pyrrole nitrogens is 1. The highest BCUT2D eigenvalue weighted by Gasteiger charge is 2.50. The Labute approximate surface area is 397 Å². The second-order valence-electron chi connectivity index (χ2n) is 19.4. The van der Waals surface area contributed by atoms with Gasteiger partial charge in [-0.15, -0.1) is 0 Å². The van der Waals surface area contributed by atoms with E-state index in [1.807, 2.05) is 24.3 Å². The lowest BCUT2D eigenvalue weighted by molar-refractivity contribution is -0.136. The first kappa shape index (κ1) is 45.3. The molecule has 2 aromatic heterocycles. The third-order valence-electron chi connectivity index (χ3n) is 15.2. The minimum atomic E-state index is -4.36. The molecule has 5 aliphatic heterocycles. The van der Waals surface area contributed by atoms with Crippen LogP contribution in [0.25, 0.3) is 22.2 Å². The van der Waals surface area contributed by atoms with Gasteiger partial charge in [0, 0.05) is 118 Å². The second kappa shape index (κ2) is 17.7. The highest BCUT2D eigenvalue weighted by atomic mass is 32.2. The van der Waals surface area contributed by atoms with Gasteiger partial charge < -0.3 is 19.7 Å². The van der Waals surface area contributed by atoms with Crippen LogP contribution < -0.4 is 14.9 Å². The van der Waals surface area contributed by atoms with E-state index < -0.39 is 57.0 Å². The first-order valence-electron chi connectivity index (χ1n) is 23.8. The van der Waals surface area contributed by atoms with E-state index in [4.69, 9.17) is 0 Å². The van der Waals surface area contributed by atoms with Crippen molar-refractivity contribution in [1.82, 2.24) is 34.3 Å². The van der Waals surface area contributed by atoms with Crippen molar-refractivity contribution in [3.8, 4) is 11.1 Å². The van der Waals surface area contributed by atoms with E-state index in [1.54, 1.807) is 17.2 Å². The molecule has 11 rings (SSSR count). The number of carbonyl (C=O) groups is 4. The lowest BCUT2D eigenvalue weighted by Gasteiger charge is -2.42. The predicted octanol–water partition coefficient (Wildman–Crippen LogP) is 5.72. The number of benzene rings is 3. The fourth-order valence-electron chi connectivity index (χ4n) is 11.2. The van der Waals surface area contributed by atoms with E-state index in [9.17, 15) is 32.0 Å². The van der Waals surface area contributed by atoms with Crippen LogP contribution in [0.15, 0.2) is 73.1 Å². The number of nitrogens with zero attached hydrogens (tertiary/aromatic N) is 6. The van der Waals surface area contributed by atoms with Gasteiger partial charge in [0.2, 0.25) is 17.6 Å². The van der Waals surface area contributed by atoms with E-state index in [1.165, 1.54) is 11.8 Å². The van der Waals surface area contributed by atoms with Crippen LogP contribution in [0.4, 0.5) is 24.5 Å². The van der Waals surface area contributed by atoms with Crippen molar-refractivity contribution < 1.29 is 40.8 Å². The Morgan fingerprint density at radius 1 is 0.870 bits per heavy atom. The summed E-state index contributed by atoms with van der Waals surface area (Å²) < 4.78 is 73.4. The average Bonchev–Trinajstić information content (AvgIpc) is 3.66. The minimum absolute atomic E-state index is 0.00557. The number of anilines is 2. The largest absolute Gasteiger partial charge is 0.372 e. The molecule has 6 aliphatic rings. The average molecular weight is 964 g/mol. The number of pyridine rings is 1. The zero-order valence-corrected chi connectivity index (χ0v) is 38.7. The Morgan fingerprint density at radius 2 is 1.64 bits per heavy atom. The van der Waals surface area contributed by atoms with Crippen LogP contribution in [0.2, 0.25) is 0 Å². The quantitative estimate of drug-likeness (QED) is 0.104. The maximum atomic E-state index is 15.8. The van der Waals surface area contributed by atoms with Crippen molar-refractivity contribution >= 4 is 56.1 Å². The van der Waals surface area contributed by atoms with E-state index in [0.29, 0.717) is 41.0 Å². The maximum absolute atomic E-state index is 15.8. The van der Waals surface area contributed by atoms with Crippen LogP contribution in [0.3, 0.4) is 0 Å². The number of carbonyl (C=O) groups excluding carboxylic acids is 4. The molecule has 4 saturated heterocycles. The Bertz CT molecular complexity index is 3000. The lowest BCUT2D eigenvalue weighted by Crippen LogP contribution is -2.52. The molecule has 7 heterocycles. The van der Waals surface area contributed by atoms with Gasteiger partial charge in [-0.25, -0.2) is 18.2 Å². The zero-order valence-electron chi connectivity index (χ0n) is 37.9. The second-order valence-corrected chi connectivity index (χ2v) is 21.0. The fraction of sp³-hybridized carbons (Fsp3) is 0.420. The molecule has 0 bridgehead atoms. The van der Waals surface area contributed by atoms with Crippen molar-refractivity contribution in [2.75, 3.05) is 68.5 Å². The molecule has 1 aliphatic carbocycles. The number of hydrogen-bond donors (Lipinski definition) is 3. The smallest absolute Gasteiger partial charge is 0.301 e. The van der Waals surface area contributed by atoms with Gasteiger partial charge in [0.25, 0.3) is 5.91 Å². The van der Waals surface area contributed by atoms with Crippen LogP contribution in [-0.4, -0.2) is 132 Å². The summed E-state index contributed by atoms with van der Waals surface area (Å²) in [6.07, 6.45) is 6.56. The van der Waals surface area contributed by atoms with Crippen LogP contribution >= 0.6 is 0 Å². The summed E-state index contributed by atoms with van der Waals surface area (Å²) in [6.45, 7) is 6.79. The lowest BCUT2D eigenvalue weighted by atomic mass is 9.94. The number of aromatic nitrogens is 2. The van der Waals surface area contributed by atoms with Gasteiger partial charge in [0.1, 0.15) is 23.7 Å². The first-order valence-corrected chi connectivity index (χ1v) is 25.2. The van der Waals surface area contributed by atoms with E-state index in [-0.39, 0.29) is 48.8 Å². The number of amides is 3. The normalized spacial score (nSPS) is 22.6. The van der Waals surface area contributed by atoms with Crippen LogP contribution in [-0.2, 0) is 31.9 Å². The molecule has 15 nitrogen and oxygen atoms in total. The number of alkyl halides is 1. The summed E-state index contributed by atoms with van der Waals surface area (Å²) in [5.41, 5.74) is 4.19. The van der Waals surface area contributed by atoms with E-state index >= 15 is 8.78 Å². The van der Waals surface area contributed by atoms with Crippen molar-refractivity contribution in [2.45, 2.75) is 69.2 Å². The monoisotopic (exact) mass is 963 g/mol. The Morgan fingerprint density at radius 3 is 2.35 bits per heavy atom. The molecular formula is C50H52F3N9O6S. The first-order chi connectivity index (χ1) is 33.2. The maximum Gasteiger partial charge on any atom is 0.301 e. The number of imide groups is 1. The van der Waals surface area contributed by atoms with Crippen LogP contribution in [0.5, 0.6) is 0 Å². The molecule has 0 spiro atoms. The third kappa shape index (κ3) is 8.46. The molecule has 3 N–H and O–H groups in total. The Hall–Kier alpha value is -6.15. The molecule has 3 aromatic carbocycles. The summed E-state index contributed by atoms with van der Waals surface area (Å²) in [6, 6.07) is 17.2. The molecule has 2 atom stereocenters. The van der Waals surface area contributed by atoms with Crippen LogP contribution in [0.1, 0.15) is 82.4 Å². The SMILES string of the molecule is O=C1CCC(N2Cc3cc(N4CCC(CN5CCN(C6(c7ccc(-c8cnc9[nH]cc(C(=O)c%10c(F)ccc(NS(=O)(=O)N%11CC[C@@H](F)C%11)c%10F)c9c8)cc7)CC6)CC5)CC4)ccc3C2=O)C(=O)N1. The highest BCUT2D eigenvalue weighted by Crippen LogP contribution is 2.51. The minimum Gasteiger partial charge on any atom is -0.372 e. The van der Waals surface area contributed by atoms with Crippen LogP contribution in [0, 0.1) is 17.6 Å². The molecule has 5 fully saturated rings. The number of hydrogen-bond acceptors (Lipinski definition) is 10. The van der Waals surface area contributed by atoms with E-state index in [2.05, 4.69) is 52.9 Å². The van der Waals surface area contributed by atoms with E-state index in [0.717, 1.165) is 105 Å². The van der Waals surface area contributed by atoms with Gasteiger partial charge in [-0.2, -0.15) is 12.7 Å². The highest BCUT2D eigenvalue weighted by molar-refractivity contribution is 7.90. The summed E-state index contributed by atoms with van der Waals surface area (Å²) in [5.74, 6) is -3.78. The number of piperidine rings is 2. The standard InChI is InChI=1S/C50H52F3N9O6S/c51-35-13-18-61(29-35)69(67,68)57-41-8-7-40(52)44(45(41)53)46(64)39-26-55-47-38(39)24-32(25-54-47)31-1-3-34(4-2-31)50(14-15-50)60-21-19-58(20-22-60)27-30-11-16-59(17-12-30)36-5-6-37-33(23-36)28-62(49(37)66)42-9-10-43(63)56-48(42)65/h1-8,23-26,30,35,42,57H,9-22,27-29H2,(H,54,55)(H,56,63,65)/t35-,42?/m1/s1. The van der Waals surface area contributed by atoms with Crippen molar-refractivity contribution in [2.24, 2.45) is 5.92 Å². The summed E-state index contributed by atoms with van der Waals surface area (Å²) in [4.78, 5) is 67.8. The van der Waals surface area contributed by atoms with Gasteiger partial charge in [-0.1, -0.05) is 24.3 Å². The molecule has 69 heavy (non-hydrogen) atoms. The molecular weight excluding hydrogens is 912 g/mol. The Balaban J connectivity index is 0.693. The third-order valence-corrected chi connectivity index (χ3v) is 16.7. The van der Waals surface area contributed by atoms with Crippen molar-refractivity contribution in [3.63, 3.8) is 0 Å². The predicted molar refractivity (Wildman–Crippen MR) is 251 cm³/mol. The van der Waals surface area contributed by atoms with Gasteiger partial charge in [-0.3, -0.25) is 34.1 Å².